The van der Waals surface area contributed by atoms with Crippen LogP contribution in [-0.4, -0.2) is 13.3 Å². The zero-order valence-corrected chi connectivity index (χ0v) is 15.3. The molecule has 0 unspecified atom stereocenters. The van der Waals surface area contributed by atoms with Crippen LogP contribution in [0.1, 0.15) is 6.42 Å². The van der Waals surface area contributed by atoms with E-state index in [2.05, 4.69) is 61.9 Å². The quantitative estimate of drug-likeness (QED) is 0.369. The normalized spacial score (nSPS) is 12.4. The first-order valence-electron chi connectivity index (χ1n) is 5.82. The van der Waals surface area contributed by atoms with Gasteiger partial charge >= 0.3 is 25.8 Å². The van der Waals surface area contributed by atoms with E-state index < -0.39 is 0 Å². The van der Waals surface area contributed by atoms with Gasteiger partial charge in [-0.05, 0) is 13.3 Å². The molecule has 0 heterocycles. The van der Waals surface area contributed by atoms with Gasteiger partial charge in [0, 0.05) is 0 Å². The Morgan fingerprint density at radius 3 is 2.50 bits per heavy atom. The van der Waals surface area contributed by atoms with Crippen molar-refractivity contribution in [3.8, 4) is 0 Å². The zero-order valence-electron chi connectivity index (χ0n) is 10.9. The molecule has 0 nitrogen and oxygen atoms in total. The Morgan fingerprint density at radius 1 is 1.22 bits per heavy atom. The molecule has 0 amide bonds. The molecular weight excluding hydrogens is 402 g/mol. The number of hydrogen-bond acceptors (Lipinski definition) is 0. The Bertz CT molecular complexity index is 492. The number of fused-ring (bicyclic) bond motifs is 1. The van der Waals surface area contributed by atoms with Crippen LogP contribution in [0.4, 0.5) is 0 Å². The number of hydrogen-bond donors (Lipinski definition) is 0. The summed E-state index contributed by atoms with van der Waals surface area (Å²) in [4.78, 5) is 0. The molecule has 0 saturated carbocycles. The van der Waals surface area contributed by atoms with Crippen molar-refractivity contribution in [1.29, 1.82) is 0 Å². The van der Waals surface area contributed by atoms with Crippen molar-refractivity contribution in [2.45, 2.75) is 6.42 Å². The summed E-state index contributed by atoms with van der Waals surface area (Å²) in [5, 5.41) is 4.26. The minimum atomic E-state index is 0. The molecule has 0 radical (unpaired) electrons. The molecule has 0 bridgehead atoms. The molecule has 3 rings (SSSR count). The first-order chi connectivity index (χ1) is 8.27. The maximum absolute atomic E-state index is 2.99. The number of benzene rings is 1. The van der Waals surface area contributed by atoms with Gasteiger partial charge in [0.1, 0.15) is 0 Å². The molecule has 1 aliphatic carbocycles. The van der Waals surface area contributed by atoms with Gasteiger partial charge in [-0.15, -0.1) is 54.7 Å². The average molecular weight is 419 g/mol. The predicted molar refractivity (Wildman–Crippen MR) is 79.5 cm³/mol. The molecule has 0 fully saturated rings. The Morgan fingerprint density at radius 2 is 2.00 bits per heavy atom. The van der Waals surface area contributed by atoms with Crippen LogP contribution < -0.4 is 5.30 Å². The van der Waals surface area contributed by atoms with E-state index in [1.165, 1.54) is 16.1 Å². The van der Waals surface area contributed by atoms with Gasteiger partial charge in [0.05, 0.1) is 0 Å². The number of rotatable bonds is 1. The van der Waals surface area contributed by atoms with E-state index in [0.29, 0.717) is 0 Å². The van der Waals surface area contributed by atoms with Crippen LogP contribution in [-0.2, 0) is 25.8 Å². The van der Waals surface area contributed by atoms with Gasteiger partial charge < -0.3 is 0 Å². The Labute approximate surface area is 130 Å². The Kier molecular flexibility index (Phi) is 6.89. The number of allylic oxidation sites excluding steroid dienone is 4. The fourth-order valence-corrected chi connectivity index (χ4v) is 2.53. The molecule has 0 aliphatic heterocycles. The van der Waals surface area contributed by atoms with E-state index in [9.17, 15) is 0 Å². The summed E-state index contributed by atoms with van der Waals surface area (Å²) in [6.45, 7) is 4.59. The van der Waals surface area contributed by atoms with Crippen LogP contribution in [0.25, 0.3) is 10.8 Å². The zero-order chi connectivity index (χ0) is 12.1. The van der Waals surface area contributed by atoms with Crippen molar-refractivity contribution < 1.29 is 25.8 Å². The fourth-order valence-electron chi connectivity index (χ4n) is 1.73. The van der Waals surface area contributed by atoms with Crippen molar-refractivity contribution in [2.24, 2.45) is 0 Å². The standard InChI is InChI=1S/C11H12P.C5H5.Hf/c1-12(2)11-7-9-5-3-4-6-10(9)8-11;1-2-4-5-3-1;/h3-8H,1-2H3;1-3H,4H2;/q2*-1;+4. The van der Waals surface area contributed by atoms with E-state index in [-0.39, 0.29) is 33.8 Å². The van der Waals surface area contributed by atoms with Crippen molar-refractivity contribution in [2.75, 3.05) is 13.3 Å². The third-order valence-corrected chi connectivity index (χ3v) is 4.00. The second kappa shape index (κ2) is 7.92. The molecule has 0 N–H and O–H groups in total. The Hall–Kier alpha value is -0.390. The van der Waals surface area contributed by atoms with Crippen molar-refractivity contribution in [3.63, 3.8) is 0 Å². The predicted octanol–water partition coefficient (Wildman–Crippen LogP) is 4.23. The molecule has 2 heteroatoms. The van der Waals surface area contributed by atoms with Crippen LogP contribution in [0.2, 0.25) is 0 Å². The van der Waals surface area contributed by atoms with Gasteiger partial charge in [0.25, 0.3) is 0 Å². The van der Waals surface area contributed by atoms with Crippen LogP contribution in [0.15, 0.2) is 54.6 Å². The van der Waals surface area contributed by atoms with E-state index in [4.69, 9.17) is 0 Å². The van der Waals surface area contributed by atoms with Crippen LogP contribution in [0.3, 0.4) is 0 Å². The molecule has 88 valence electrons. The first kappa shape index (κ1) is 15.7. The molecule has 0 spiro atoms. The largest absolute Gasteiger partial charge is 4.00 e. The van der Waals surface area contributed by atoms with Crippen LogP contribution in [0, 0.1) is 6.08 Å². The van der Waals surface area contributed by atoms with Gasteiger partial charge in [0.15, 0.2) is 0 Å². The van der Waals surface area contributed by atoms with Gasteiger partial charge in [-0.1, -0.05) is 6.07 Å². The summed E-state index contributed by atoms with van der Waals surface area (Å²) in [5.41, 5.74) is 0. The topological polar surface area (TPSA) is 0 Å². The first-order valence-corrected chi connectivity index (χ1v) is 8.05. The van der Waals surface area contributed by atoms with E-state index in [0.717, 1.165) is 6.42 Å². The summed E-state index contributed by atoms with van der Waals surface area (Å²) in [5.74, 6) is 0. The summed E-state index contributed by atoms with van der Waals surface area (Å²) < 4.78 is 0. The third-order valence-electron chi connectivity index (χ3n) is 2.71. The van der Waals surface area contributed by atoms with Crippen LogP contribution >= 0.6 is 7.92 Å². The smallest absolute Gasteiger partial charge is 0.273 e. The second-order valence-electron chi connectivity index (χ2n) is 4.24. The average Bonchev–Trinajstić information content (AvgIpc) is 3.01. The third kappa shape index (κ3) is 4.37. The summed E-state index contributed by atoms with van der Waals surface area (Å²) in [6, 6.07) is 13.2. The molecule has 0 saturated heterocycles. The molecule has 2 aromatic carbocycles. The molecule has 0 atom stereocenters. The van der Waals surface area contributed by atoms with Gasteiger partial charge in [0.2, 0.25) is 0 Å². The van der Waals surface area contributed by atoms with E-state index in [1.54, 1.807) is 0 Å². The fraction of sp³-hybridized carbons (Fsp3) is 0.188. The monoisotopic (exact) mass is 420 g/mol. The minimum absolute atomic E-state index is 0. The minimum Gasteiger partial charge on any atom is -0.273 e. The van der Waals surface area contributed by atoms with Crippen molar-refractivity contribution in [1.82, 2.24) is 0 Å². The SMILES string of the molecule is CP(C)c1cc2ccccc2[cH-]1.[C-]1=CC=CC1.[Hf+4]. The molecule has 0 aromatic heterocycles. The van der Waals surface area contributed by atoms with Gasteiger partial charge in [-0.2, -0.15) is 12.1 Å². The summed E-state index contributed by atoms with van der Waals surface area (Å²) in [7, 11) is 0.0576. The molecule has 1 aliphatic rings. The Balaban J connectivity index is 0.000000230. The maximum Gasteiger partial charge on any atom is 4.00 e. The summed E-state index contributed by atoms with van der Waals surface area (Å²) >= 11 is 0. The van der Waals surface area contributed by atoms with Crippen molar-refractivity contribution in [3.05, 3.63) is 60.7 Å². The van der Waals surface area contributed by atoms with Crippen molar-refractivity contribution >= 4 is 24.0 Å². The molecular formula is C16H17HfP+2. The molecule has 2 aromatic rings. The van der Waals surface area contributed by atoms with Gasteiger partial charge in [-0.3, -0.25) is 6.08 Å². The maximum atomic E-state index is 2.99. The second-order valence-corrected chi connectivity index (χ2v) is 6.55. The van der Waals surface area contributed by atoms with Gasteiger partial charge in [-0.25, -0.2) is 12.2 Å². The van der Waals surface area contributed by atoms with E-state index >= 15 is 0 Å². The molecule has 18 heavy (non-hydrogen) atoms. The van der Waals surface area contributed by atoms with E-state index in [1.807, 2.05) is 12.2 Å². The summed E-state index contributed by atoms with van der Waals surface area (Å²) in [6.07, 6.45) is 10.0. The van der Waals surface area contributed by atoms with Crippen LogP contribution in [0.5, 0.6) is 0 Å².